The zero-order chi connectivity index (χ0) is 14.8. The van der Waals surface area contributed by atoms with Crippen LogP contribution in [-0.2, 0) is 22.5 Å². The van der Waals surface area contributed by atoms with Gasteiger partial charge in [-0.2, -0.15) is 0 Å². The van der Waals surface area contributed by atoms with Crippen LogP contribution in [0.4, 0.5) is 0 Å². The Balaban J connectivity index is 1.77. The van der Waals surface area contributed by atoms with Crippen molar-refractivity contribution in [1.82, 2.24) is 9.88 Å². The Labute approximate surface area is 122 Å². The highest BCUT2D eigenvalue weighted by atomic mass is 16.5. The van der Waals surface area contributed by atoms with Gasteiger partial charge in [-0.3, -0.25) is 9.78 Å². The predicted octanol–water partition coefficient (Wildman–Crippen LogP) is 1.09. The highest BCUT2D eigenvalue weighted by Crippen LogP contribution is 2.25. The maximum Gasteiger partial charge on any atom is 0.337 e. The van der Waals surface area contributed by atoms with Crippen molar-refractivity contribution in [2.45, 2.75) is 25.8 Å². The fourth-order valence-corrected chi connectivity index (χ4v) is 3.07. The Morgan fingerprint density at radius 1 is 1.29 bits per heavy atom. The SMILES string of the molecule is O=C(O)c1cncc2c1CCN(C(=O)C1CCOCC1)C2. The smallest absolute Gasteiger partial charge is 0.337 e. The lowest BCUT2D eigenvalue weighted by atomic mass is 9.94. The van der Waals surface area contributed by atoms with Gasteiger partial charge in [0, 0.05) is 44.6 Å². The molecule has 2 aliphatic heterocycles. The molecule has 2 aliphatic rings. The molecule has 1 aromatic rings. The van der Waals surface area contributed by atoms with Gasteiger partial charge >= 0.3 is 5.97 Å². The van der Waals surface area contributed by atoms with E-state index in [9.17, 15) is 14.7 Å². The summed E-state index contributed by atoms with van der Waals surface area (Å²) in [5.74, 6) is -0.760. The Kier molecular flexibility index (Phi) is 3.88. The summed E-state index contributed by atoms with van der Waals surface area (Å²) in [6.07, 6.45) is 5.18. The number of ether oxygens (including phenoxy) is 1. The minimum Gasteiger partial charge on any atom is -0.478 e. The molecule has 21 heavy (non-hydrogen) atoms. The van der Waals surface area contributed by atoms with Crippen molar-refractivity contribution in [1.29, 1.82) is 0 Å². The highest BCUT2D eigenvalue weighted by Gasteiger charge is 2.30. The van der Waals surface area contributed by atoms with E-state index in [4.69, 9.17) is 4.74 Å². The number of carboxylic acid groups (broad SMARTS) is 1. The lowest BCUT2D eigenvalue weighted by Gasteiger charge is -2.33. The number of rotatable bonds is 2. The third-order valence-electron chi connectivity index (χ3n) is 4.25. The molecule has 0 atom stereocenters. The molecule has 1 aromatic heterocycles. The van der Waals surface area contributed by atoms with Crippen molar-refractivity contribution in [3.8, 4) is 0 Å². The van der Waals surface area contributed by atoms with E-state index in [0.29, 0.717) is 32.7 Å². The van der Waals surface area contributed by atoms with Crippen LogP contribution in [0.25, 0.3) is 0 Å². The minimum absolute atomic E-state index is 0.0379. The molecule has 3 rings (SSSR count). The fraction of sp³-hybridized carbons (Fsp3) is 0.533. The number of aromatic nitrogens is 1. The van der Waals surface area contributed by atoms with Crippen molar-refractivity contribution in [2.24, 2.45) is 5.92 Å². The lowest BCUT2D eigenvalue weighted by Crippen LogP contribution is -2.41. The Morgan fingerprint density at radius 2 is 2.05 bits per heavy atom. The first-order valence-electron chi connectivity index (χ1n) is 7.22. The summed E-state index contributed by atoms with van der Waals surface area (Å²) >= 11 is 0. The molecule has 0 saturated carbocycles. The number of pyridine rings is 1. The molecule has 112 valence electrons. The average molecular weight is 290 g/mol. The molecule has 1 saturated heterocycles. The molecule has 0 aromatic carbocycles. The summed E-state index contributed by atoms with van der Waals surface area (Å²) in [7, 11) is 0. The van der Waals surface area contributed by atoms with E-state index in [2.05, 4.69) is 4.98 Å². The Hall–Kier alpha value is -1.95. The quantitative estimate of drug-likeness (QED) is 0.882. The van der Waals surface area contributed by atoms with Crippen LogP contribution in [0.1, 0.15) is 34.3 Å². The first kappa shape index (κ1) is 14.0. The van der Waals surface area contributed by atoms with Crippen LogP contribution in [0.2, 0.25) is 0 Å². The number of hydrogen-bond donors (Lipinski definition) is 1. The molecule has 0 bridgehead atoms. The second-order valence-electron chi connectivity index (χ2n) is 5.53. The Bertz CT molecular complexity index is 567. The van der Waals surface area contributed by atoms with Gasteiger partial charge in [0.1, 0.15) is 0 Å². The van der Waals surface area contributed by atoms with Crippen LogP contribution >= 0.6 is 0 Å². The number of aromatic carboxylic acids is 1. The zero-order valence-corrected chi connectivity index (χ0v) is 11.7. The number of fused-ring (bicyclic) bond motifs is 1. The van der Waals surface area contributed by atoms with Crippen LogP contribution in [0.5, 0.6) is 0 Å². The number of carbonyl (C=O) groups excluding carboxylic acids is 1. The summed E-state index contributed by atoms with van der Waals surface area (Å²) in [5, 5.41) is 9.19. The average Bonchev–Trinajstić information content (AvgIpc) is 2.53. The molecular weight excluding hydrogens is 272 g/mol. The maximum absolute atomic E-state index is 12.5. The summed E-state index contributed by atoms with van der Waals surface area (Å²) in [5.41, 5.74) is 1.92. The molecule has 1 amide bonds. The van der Waals surface area contributed by atoms with Crippen molar-refractivity contribution >= 4 is 11.9 Å². The summed E-state index contributed by atoms with van der Waals surface area (Å²) in [4.78, 5) is 29.5. The van der Waals surface area contributed by atoms with Gasteiger partial charge in [0.05, 0.1) is 5.56 Å². The van der Waals surface area contributed by atoms with E-state index in [-0.39, 0.29) is 17.4 Å². The van der Waals surface area contributed by atoms with Crippen molar-refractivity contribution in [3.05, 3.63) is 29.1 Å². The number of nitrogens with zero attached hydrogens (tertiary/aromatic N) is 2. The van der Waals surface area contributed by atoms with E-state index in [1.54, 1.807) is 6.20 Å². The van der Waals surface area contributed by atoms with Gasteiger partial charge in [0.2, 0.25) is 5.91 Å². The van der Waals surface area contributed by atoms with Crippen molar-refractivity contribution < 1.29 is 19.4 Å². The summed E-state index contributed by atoms with van der Waals surface area (Å²) < 4.78 is 5.29. The molecule has 0 spiro atoms. The first-order valence-corrected chi connectivity index (χ1v) is 7.22. The molecule has 0 radical (unpaired) electrons. The highest BCUT2D eigenvalue weighted by molar-refractivity contribution is 5.89. The molecule has 1 N–H and O–H groups in total. The molecular formula is C15H18N2O4. The van der Waals surface area contributed by atoms with Gasteiger partial charge in [-0.15, -0.1) is 0 Å². The standard InChI is InChI=1S/C15H18N2O4/c18-14(10-2-5-21-6-3-10)17-4-1-12-11(9-17)7-16-8-13(12)15(19)20/h7-8,10H,1-6,9H2,(H,19,20). The predicted molar refractivity (Wildman–Crippen MR) is 73.9 cm³/mol. The largest absolute Gasteiger partial charge is 0.478 e. The molecule has 6 heteroatoms. The minimum atomic E-state index is -0.955. The lowest BCUT2D eigenvalue weighted by molar-refractivity contribution is -0.139. The van der Waals surface area contributed by atoms with Gasteiger partial charge in [-0.1, -0.05) is 0 Å². The molecule has 6 nitrogen and oxygen atoms in total. The van der Waals surface area contributed by atoms with Gasteiger partial charge in [0.25, 0.3) is 0 Å². The first-order chi connectivity index (χ1) is 10.2. The topological polar surface area (TPSA) is 79.7 Å². The second kappa shape index (κ2) is 5.81. The molecule has 3 heterocycles. The molecule has 1 fully saturated rings. The van der Waals surface area contributed by atoms with Crippen LogP contribution in [0, 0.1) is 5.92 Å². The van der Waals surface area contributed by atoms with E-state index in [1.165, 1.54) is 6.20 Å². The second-order valence-corrected chi connectivity index (χ2v) is 5.53. The van der Waals surface area contributed by atoms with Crippen LogP contribution in [0.15, 0.2) is 12.4 Å². The van der Waals surface area contributed by atoms with Crippen molar-refractivity contribution in [3.63, 3.8) is 0 Å². The number of carbonyl (C=O) groups is 2. The van der Waals surface area contributed by atoms with Gasteiger partial charge in [-0.05, 0) is 30.4 Å². The van der Waals surface area contributed by atoms with Gasteiger partial charge in [0.15, 0.2) is 0 Å². The number of amides is 1. The maximum atomic E-state index is 12.5. The number of carboxylic acids is 1. The van der Waals surface area contributed by atoms with Gasteiger partial charge in [-0.25, -0.2) is 4.79 Å². The molecule has 0 unspecified atom stereocenters. The summed E-state index contributed by atoms with van der Waals surface area (Å²) in [6.45, 7) is 2.32. The van der Waals surface area contributed by atoms with Crippen LogP contribution in [-0.4, -0.2) is 46.6 Å². The number of hydrogen-bond acceptors (Lipinski definition) is 4. The van der Waals surface area contributed by atoms with E-state index in [0.717, 1.165) is 24.0 Å². The van der Waals surface area contributed by atoms with Crippen molar-refractivity contribution in [2.75, 3.05) is 19.8 Å². The third kappa shape index (κ3) is 2.76. The van der Waals surface area contributed by atoms with E-state index in [1.807, 2.05) is 4.90 Å². The van der Waals surface area contributed by atoms with E-state index < -0.39 is 5.97 Å². The monoisotopic (exact) mass is 290 g/mol. The fourth-order valence-electron chi connectivity index (χ4n) is 3.07. The van der Waals surface area contributed by atoms with Crippen LogP contribution in [0.3, 0.4) is 0 Å². The summed E-state index contributed by atoms with van der Waals surface area (Å²) in [6, 6.07) is 0. The van der Waals surface area contributed by atoms with E-state index >= 15 is 0 Å². The Morgan fingerprint density at radius 3 is 2.76 bits per heavy atom. The third-order valence-corrected chi connectivity index (χ3v) is 4.25. The zero-order valence-electron chi connectivity index (χ0n) is 11.7. The normalized spacial score (nSPS) is 19.1. The molecule has 0 aliphatic carbocycles. The van der Waals surface area contributed by atoms with Crippen LogP contribution < -0.4 is 0 Å². The van der Waals surface area contributed by atoms with Gasteiger partial charge < -0.3 is 14.7 Å².